The maximum absolute atomic E-state index is 12.2. The van der Waals surface area contributed by atoms with Crippen molar-refractivity contribution in [3.8, 4) is 0 Å². The van der Waals surface area contributed by atoms with E-state index < -0.39 is 5.97 Å². The van der Waals surface area contributed by atoms with Crippen LogP contribution in [-0.2, 0) is 0 Å². The average Bonchev–Trinajstić information content (AvgIpc) is 2.37. The molecule has 0 spiro atoms. The Hall–Kier alpha value is -1.75. The van der Waals surface area contributed by atoms with Gasteiger partial charge < -0.3 is 15.3 Å². The number of hydrogen-bond donors (Lipinski definition) is 2. The highest BCUT2D eigenvalue weighted by Gasteiger charge is 2.22. The fraction of sp³-hybridized carbons (Fsp3) is 0.467. The molecule has 0 aliphatic heterocycles. The van der Waals surface area contributed by atoms with Crippen LogP contribution in [0.5, 0.6) is 0 Å². The van der Waals surface area contributed by atoms with Gasteiger partial charge >= 0.3 is 12.0 Å². The number of carboxylic acids is 1. The molecule has 1 aromatic rings. The zero-order valence-corrected chi connectivity index (χ0v) is 12.7. The summed E-state index contributed by atoms with van der Waals surface area (Å²) in [5.74, 6) is -0.480. The van der Waals surface area contributed by atoms with Crippen LogP contribution in [0.4, 0.5) is 10.5 Å². The summed E-state index contributed by atoms with van der Waals surface area (Å²) in [6.45, 7) is 3.35. The first-order valence-electron chi connectivity index (χ1n) is 7.10. The molecule has 0 atom stereocenters. The van der Waals surface area contributed by atoms with E-state index in [1.807, 2.05) is 6.92 Å². The lowest BCUT2D eigenvalue weighted by Gasteiger charge is -2.31. The second kappa shape index (κ2) is 6.80. The van der Waals surface area contributed by atoms with Crippen molar-refractivity contribution in [2.24, 2.45) is 5.92 Å². The third-order valence-corrected chi connectivity index (χ3v) is 4.14. The fourth-order valence-corrected chi connectivity index (χ4v) is 2.57. The van der Waals surface area contributed by atoms with Crippen LogP contribution in [0.3, 0.4) is 0 Å². The number of anilines is 1. The zero-order valence-electron chi connectivity index (χ0n) is 11.9. The molecule has 1 aliphatic rings. The number of rotatable bonds is 5. The van der Waals surface area contributed by atoms with Gasteiger partial charge in [0.25, 0.3) is 0 Å². The van der Waals surface area contributed by atoms with Gasteiger partial charge in [0.05, 0.1) is 10.6 Å². The van der Waals surface area contributed by atoms with E-state index in [1.54, 1.807) is 11.0 Å². The Morgan fingerprint density at radius 1 is 1.43 bits per heavy atom. The van der Waals surface area contributed by atoms with Gasteiger partial charge in [-0.05, 0) is 43.9 Å². The molecule has 1 saturated carbocycles. The number of hydrogen-bond acceptors (Lipinski definition) is 2. The van der Waals surface area contributed by atoms with Crippen molar-refractivity contribution in [3.63, 3.8) is 0 Å². The minimum atomic E-state index is -1.09. The molecule has 114 valence electrons. The predicted octanol–water partition coefficient (Wildman–Crippen LogP) is 3.69. The summed E-state index contributed by atoms with van der Waals surface area (Å²) in [6.07, 6.45) is 3.61. The van der Waals surface area contributed by atoms with Crippen LogP contribution in [-0.4, -0.2) is 35.1 Å². The topological polar surface area (TPSA) is 69.6 Å². The molecule has 1 aliphatic carbocycles. The van der Waals surface area contributed by atoms with E-state index in [9.17, 15) is 9.59 Å². The van der Waals surface area contributed by atoms with E-state index in [4.69, 9.17) is 16.7 Å². The van der Waals surface area contributed by atoms with Gasteiger partial charge in [-0.2, -0.15) is 0 Å². The van der Waals surface area contributed by atoms with Gasteiger partial charge in [-0.1, -0.05) is 18.0 Å². The van der Waals surface area contributed by atoms with E-state index in [0.29, 0.717) is 18.2 Å². The van der Waals surface area contributed by atoms with E-state index in [0.717, 1.165) is 6.54 Å². The normalized spacial score (nSPS) is 14.4. The Labute approximate surface area is 128 Å². The molecule has 0 unspecified atom stereocenters. The largest absolute Gasteiger partial charge is 0.478 e. The number of halogens is 1. The van der Waals surface area contributed by atoms with Crippen molar-refractivity contribution in [1.29, 1.82) is 0 Å². The lowest BCUT2D eigenvalue weighted by Crippen LogP contribution is -2.39. The summed E-state index contributed by atoms with van der Waals surface area (Å²) >= 11 is 5.89. The maximum atomic E-state index is 12.2. The molecule has 5 nitrogen and oxygen atoms in total. The number of benzene rings is 1. The highest BCUT2D eigenvalue weighted by molar-refractivity contribution is 6.33. The van der Waals surface area contributed by atoms with Crippen LogP contribution >= 0.6 is 11.6 Å². The Balaban J connectivity index is 2.00. The van der Waals surface area contributed by atoms with Crippen LogP contribution in [0.1, 0.15) is 36.5 Å². The van der Waals surface area contributed by atoms with Crippen molar-refractivity contribution in [2.45, 2.75) is 26.2 Å². The highest BCUT2D eigenvalue weighted by atomic mass is 35.5. The van der Waals surface area contributed by atoms with Crippen LogP contribution in [0.25, 0.3) is 0 Å². The third kappa shape index (κ3) is 3.88. The summed E-state index contributed by atoms with van der Waals surface area (Å²) in [6, 6.07) is 4.22. The van der Waals surface area contributed by atoms with Crippen LogP contribution < -0.4 is 5.32 Å². The number of carboxylic acid groups (broad SMARTS) is 1. The number of nitrogens with zero attached hydrogens (tertiary/aromatic N) is 1. The summed E-state index contributed by atoms with van der Waals surface area (Å²) in [7, 11) is 0. The van der Waals surface area contributed by atoms with Gasteiger partial charge in [-0.15, -0.1) is 0 Å². The molecular weight excluding hydrogens is 292 g/mol. The van der Waals surface area contributed by atoms with Crippen molar-refractivity contribution in [1.82, 2.24) is 4.90 Å². The van der Waals surface area contributed by atoms with E-state index >= 15 is 0 Å². The predicted molar refractivity (Wildman–Crippen MR) is 82.0 cm³/mol. The lowest BCUT2D eigenvalue weighted by atomic mass is 9.85. The Morgan fingerprint density at radius 3 is 2.62 bits per heavy atom. The quantitative estimate of drug-likeness (QED) is 0.871. The van der Waals surface area contributed by atoms with E-state index in [1.165, 1.54) is 31.4 Å². The lowest BCUT2D eigenvalue weighted by molar-refractivity contribution is 0.0697. The Kier molecular flexibility index (Phi) is 5.07. The van der Waals surface area contributed by atoms with Crippen molar-refractivity contribution < 1.29 is 14.7 Å². The smallest absolute Gasteiger partial charge is 0.337 e. The van der Waals surface area contributed by atoms with Gasteiger partial charge in [0.1, 0.15) is 0 Å². The van der Waals surface area contributed by atoms with Gasteiger partial charge in [-0.25, -0.2) is 9.59 Å². The fourth-order valence-electron chi connectivity index (χ4n) is 2.31. The second-order valence-electron chi connectivity index (χ2n) is 5.27. The molecular formula is C15H19ClN2O3. The molecule has 1 aromatic carbocycles. The molecule has 21 heavy (non-hydrogen) atoms. The van der Waals surface area contributed by atoms with E-state index in [-0.39, 0.29) is 16.6 Å². The first-order chi connectivity index (χ1) is 10.0. The number of urea groups is 1. The summed E-state index contributed by atoms with van der Waals surface area (Å²) < 4.78 is 0. The molecule has 0 aromatic heterocycles. The first kappa shape index (κ1) is 15.6. The molecule has 0 radical (unpaired) electrons. The minimum Gasteiger partial charge on any atom is -0.478 e. The Morgan fingerprint density at radius 2 is 2.14 bits per heavy atom. The average molecular weight is 311 g/mol. The molecule has 2 amide bonds. The molecule has 2 rings (SSSR count). The minimum absolute atomic E-state index is 0.0245. The number of carbonyl (C=O) groups excluding carboxylic acids is 1. The molecule has 0 bridgehead atoms. The number of carbonyl (C=O) groups is 2. The second-order valence-corrected chi connectivity index (χ2v) is 5.67. The zero-order chi connectivity index (χ0) is 15.4. The van der Waals surface area contributed by atoms with Crippen LogP contribution in [0, 0.1) is 5.92 Å². The summed E-state index contributed by atoms with van der Waals surface area (Å²) in [5, 5.41) is 11.8. The molecule has 2 N–H and O–H groups in total. The SMILES string of the molecule is CCN(CC1CCC1)C(=O)Nc1ccc(C(=O)O)c(Cl)c1. The standard InChI is InChI=1S/C15H19ClN2O3/c1-2-18(9-10-4-3-5-10)15(21)17-11-6-7-12(14(19)20)13(16)8-11/h6-8,10H,2-5,9H2,1H3,(H,17,21)(H,19,20). The molecule has 1 fully saturated rings. The maximum Gasteiger partial charge on any atom is 0.337 e. The third-order valence-electron chi connectivity index (χ3n) is 3.82. The van der Waals surface area contributed by atoms with Crippen LogP contribution in [0.2, 0.25) is 5.02 Å². The molecule has 6 heteroatoms. The monoisotopic (exact) mass is 310 g/mol. The molecule has 0 heterocycles. The van der Waals surface area contributed by atoms with Crippen molar-refractivity contribution >= 4 is 29.3 Å². The van der Waals surface area contributed by atoms with Gasteiger partial charge in [0.2, 0.25) is 0 Å². The molecule has 0 saturated heterocycles. The Bertz CT molecular complexity index is 544. The van der Waals surface area contributed by atoms with Crippen molar-refractivity contribution in [3.05, 3.63) is 28.8 Å². The van der Waals surface area contributed by atoms with Gasteiger partial charge in [0, 0.05) is 18.8 Å². The number of nitrogens with one attached hydrogen (secondary N) is 1. The summed E-state index contributed by atoms with van der Waals surface area (Å²) in [4.78, 5) is 24.9. The van der Waals surface area contributed by atoms with Crippen LogP contribution in [0.15, 0.2) is 18.2 Å². The van der Waals surface area contributed by atoms with Crippen molar-refractivity contribution in [2.75, 3.05) is 18.4 Å². The van der Waals surface area contributed by atoms with Gasteiger partial charge in [0.15, 0.2) is 0 Å². The van der Waals surface area contributed by atoms with E-state index in [2.05, 4.69) is 5.32 Å². The first-order valence-corrected chi connectivity index (χ1v) is 7.47. The number of amides is 2. The van der Waals surface area contributed by atoms with Gasteiger partial charge in [-0.3, -0.25) is 0 Å². The number of aromatic carboxylic acids is 1. The summed E-state index contributed by atoms with van der Waals surface area (Å²) in [5.41, 5.74) is 0.526. The highest BCUT2D eigenvalue weighted by Crippen LogP contribution is 2.27.